The monoisotopic (exact) mass is 597 g/mol. The Labute approximate surface area is 256 Å². The number of primary amides is 1. The number of pyridine rings is 1. The Morgan fingerprint density at radius 1 is 1.09 bits per heavy atom. The van der Waals surface area contributed by atoms with Gasteiger partial charge in [-0.25, -0.2) is 0 Å². The van der Waals surface area contributed by atoms with Gasteiger partial charge in [0.1, 0.15) is 17.1 Å². The fraction of sp³-hybridized carbons (Fsp3) is 0.457. The highest BCUT2D eigenvalue weighted by Gasteiger charge is 2.48. The fourth-order valence-electron chi connectivity index (χ4n) is 8.19. The maximum atomic E-state index is 14.3. The molecule has 1 heterocycles. The normalized spacial score (nSPS) is 23.6. The second kappa shape index (κ2) is 12.0. The molecule has 0 aliphatic heterocycles. The molecule has 0 bridgehead atoms. The molecule has 2 amide bonds. The average Bonchev–Trinajstić information content (AvgIpc) is 3.00. The molecule has 1 fully saturated rings. The number of benzene rings is 1. The van der Waals surface area contributed by atoms with Gasteiger partial charge >= 0.3 is 0 Å². The number of ketones is 2. The summed E-state index contributed by atoms with van der Waals surface area (Å²) in [5.74, 6) is -3.09. The minimum atomic E-state index is -0.968. The summed E-state index contributed by atoms with van der Waals surface area (Å²) in [5, 5.41) is 24.9. The van der Waals surface area contributed by atoms with Crippen LogP contribution in [0, 0.1) is 23.7 Å². The number of carbonyl (C=O) groups excluding carboxylic acids is 4. The Hall–Kier alpha value is -4.27. The quantitative estimate of drug-likeness (QED) is 0.333. The van der Waals surface area contributed by atoms with E-state index in [0.717, 1.165) is 24.0 Å². The molecule has 1 aromatic carbocycles. The summed E-state index contributed by atoms with van der Waals surface area (Å²) < 4.78 is 0. The van der Waals surface area contributed by atoms with Crippen molar-refractivity contribution in [2.75, 3.05) is 0 Å². The van der Waals surface area contributed by atoms with Gasteiger partial charge < -0.3 is 21.3 Å². The van der Waals surface area contributed by atoms with Gasteiger partial charge in [0, 0.05) is 42.4 Å². The Morgan fingerprint density at radius 3 is 2.57 bits per heavy atom. The topological polar surface area (TPSA) is 160 Å². The molecule has 6 rings (SSSR count). The highest BCUT2D eigenvalue weighted by atomic mass is 16.3. The third-order valence-electron chi connectivity index (χ3n) is 10.3. The van der Waals surface area contributed by atoms with Crippen molar-refractivity contribution in [2.24, 2.45) is 29.4 Å². The number of aromatic hydroxyl groups is 1. The fourth-order valence-corrected chi connectivity index (χ4v) is 8.19. The SMILES string of the molecule is CC1=C2C(=O)c3c(O)c(CNC(=O)c4cccnc4)cc(CCC4CCCCC4)c3CC2CC2CC(O)=C(C(N)=O)C(=O)C12. The van der Waals surface area contributed by atoms with Crippen LogP contribution in [0.1, 0.15) is 95.7 Å². The molecule has 1 saturated carbocycles. The second-order valence-electron chi connectivity index (χ2n) is 12.9. The van der Waals surface area contributed by atoms with E-state index in [9.17, 15) is 29.4 Å². The van der Waals surface area contributed by atoms with Crippen LogP contribution in [-0.4, -0.2) is 38.6 Å². The van der Waals surface area contributed by atoms with Crippen LogP contribution in [0.25, 0.3) is 0 Å². The van der Waals surface area contributed by atoms with Crippen LogP contribution in [0.2, 0.25) is 0 Å². The average molecular weight is 598 g/mol. The molecular formula is C35H39N3O6. The largest absolute Gasteiger partial charge is 0.511 e. The van der Waals surface area contributed by atoms with Crippen molar-refractivity contribution in [3.63, 3.8) is 0 Å². The molecule has 4 aliphatic rings. The molecule has 0 radical (unpaired) electrons. The van der Waals surface area contributed by atoms with E-state index in [4.69, 9.17) is 5.73 Å². The summed E-state index contributed by atoms with van der Waals surface area (Å²) in [7, 11) is 0. The molecule has 0 saturated heterocycles. The summed E-state index contributed by atoms with van der Waals surface area (Å²) in [6.45, 7) is 1.78. The number of nitrogens with one attached hydrogen (secondary N) is 1. The number of nitrogens with two attached hydrogens (primary N) is 1. The third kappa shape index (κ3) is 5.33. The highest BCUT2D eigenvalue weighted by molar-refractivity contribution is 6.22. The van der Waals surface area contributed by atoms with Crippen LogP contribution in [0.3, 0.4) is 0 Å². The lowest BCUT2D eigenvalue weighted by molar-refractivity contribution is -0.125. The smallest absolute Gasteiger partial charge is 0.255 e. The van der Waals surface area contributed by atoms with Gasteiger partial charge in [-0.2, -0.15) is 0 Å². The van der Waals surface area contributed by atoms with E-state index >= 15 is 0 Å². The molecule has 9 nitrogen and oxygen atoms in total. The number of aryl methyl sites for hydroxylation is 1. The number of allylic oxidation sites excluding steroid dienone is 3. The lowest BCUT2D eigenvalue weighted by Gasteiger charge is -2.42. The molecule has 230 valence electrons. The summed E-state index contributed by atoms with van der Waals surface area (Å²) >= 11 is 0. The van der Waals surface area contributed by atoms with Crippen LogP contribution < -0.4 is 11.1 Å². The van der Waals surface area contributed by atoms with Gasteiger partial charge in [0.2, 0.25) is 0 Å². The zero-order valence-corrected chi connectivity index (χ0v) is 25.0. The minimum Gasteiger partial charge on any atom is -0.511 e. The first kappa shape index (κ1) is 29.8. The molecule has 5 N–H and O–H groups in total. The number of fused-ring (bicyclic) bond motifs is 3. The summed E-state index contributed by atoms with van der Waals surface area (Å²) in [6, 6.07) is 5.28. The van der Waals surface area contributed by atoms with Crippen molar-refractivity contribution in [3.05, 3.63) is 80.9 Å². The maximum Gasteiger partial charge on any atom is 0.255 e. The number of aromatic nitrogens is 1. The van der Waals surface area contributed by atoms with Gasteiger partial charge in [-0.3, -0.25) is 24.2 Å². The van der Waals surface area contributed by atoms with Gasteiger partial charge in [0.25, 0.3) is 11.8 Å². The predicted molar refractivity (Wildman–Crippen MR) is 163 cm³/mol. The number of phenols is 1. The van der Waals surface area contributed by atoms with E-state index in [1.165, 1.54) is 38.3 Å². The number of aliphatic hydroxyl groups is 1. The number of aliphatic hydroxyl groups excluding tert-OH is 1. The minimum absolute atomic E-state index is 0.0350. The molecule has 4 aliphatic carbocycles. The van der Waals surface area contributed by atoms with E-state index in [2.05, 4.69) is 10.3 Å². The van der Waals surface area contributed by atoms with Gasteiger partial charge in [-0.05, 0) is 73.6 Å². The molecular weight excluding hydrogens is 558 g/mol. The molecule has 2 aromatic rings. The van der Waals surface area contributed by atoms with Crippen molar-refractivity contribution in [1.29, 1.82) is 0 Å². The number of nitrogens with zero attached hydrogens (tertiary/aromatic N) is 1. The molecule has 44 heavy (non-hydrogen) atoms. The van der Waals surface area contributed by atoms with E-state index in [1.807, 2.05) is 6.07 Å². The molecule has 3 atom stereocenters. The Bertz CT molecular complexity index is 1600. The van der Waals surface area contributed by atoms with Crippen LogP contribution >= 0.6 is 0 Å². The second-order valence-corrected chi connectivity index (χ2v) is 12.9. The molecule has 0 spiro atoms. The van der Waals surface area contributed by atoms with Crippen LogP contribution in [-0.2, 0) is 29.0 Å². The maximum absolute atomic E-state index is 14.3. The zero-order valence-electron chi connectivity index (χ0n) is 25.0. The van der Waals surface area contributed by atoms with Gasteiger partial charge in [-0.15, -0.1) is 0 Å². The van der Waals surface area contributed by atoms with Gasteiger partial charge in [0.15, 0.2) is 11.6 Å². The Kier molecular flexibility index (Phi) is 8.14. The van der Waals surface area contributed by atoms with Crippen molar-refractivity contribution in [3.8, 4) is 5.75 Å². The van der Waals surface area contributed by atoms with E-state index in [-0.39, 0.29) is 59.1 Å². The standard InChI is InChI=1S/C35H39N3O6/c1-18-27-22(13-23-15-26(39)30(34(36)43)33(42)28(18)23)14-25-20(10-9-19-6-3-2-4-7-19)12-24(31(40)29(25)32(27)41)17-38-35(44)21-8-5-11-37-16-21/h5,8,11-12,16,19,22-23,28,39-40H,2-4,6-7,9-10,13-15,17H2,1H3,(H2,36,43)(H,38,44). The van der Waals surface area contributed by atoms with Gasteiger partial charge in [-0.1, -0.05) is 43.7 Å². The van der Waals surface area contributed by atoms with E-state index in [1.54, 1.807) is 25.3 Å². The first-order valence-corrected chi connectivity index (χ1v) is 15.7. The van der Waals surface area contributed by atoms with Crippen molar-refractivity contribution in [1.82, 2.24) is 10.3 Å². The number of hydrogen-bond acceptors (Lipinski definition) is 7. The summed E-state index contributed by atoms with van der Waals surface area (Å²) in [5.41, 5.74) is 9.10. The van der Waals surface area contributed by atoms with Crippen molar-refractivity contribution >= 4 is 23.4 Å². The lowest BCUT2D eigenvalue weighted by Crippen LogP contribution is -2.43. The number of rotatable bonds is 7. The van der Waals surface area contributed by atoms with Gasteiger partial charge in [0.05, 0.1) is 11.1 Å². The number of Topliss-reactive ketones (excluding diaryl/α,β-unsaturated/α-hetero) is 2. The molecule has 1 aromatic heterocycles. The number of phenolic OH excluding ortho intramolecular Hbond substituents is 1. The van der Waals surface area contributed by atoms with E-state index in [0.29, 0.717) is 41.0 Å². The zero-order chi connectivity index (χ0) is 31.1. The highest BCUT2D eigenvalue weighted by Crippen LogP contribution is 2.51. The van der Waals surface area contributed by atoms with Crippen molar-refractivity contribution in [2.45, 2.75) is 77.7 Å². The number of amides is 2. The van der Waals surface area contributed by atoms with Crippen LogP contribution in [0.5, 0.6) is 5.75 Å². The summed E-state index contributed by atoms with van der Waals surface area (Å²) in [4.78, 5) is 56.5. The molecule has 3 unspecified atom stereocenters. The van der Waals surface area contributed by atoms with E-state index < -0.39 is 17.6 Å². The van der Waals surface area contributed by atoms with Crippen LogP contribution in [0.4, 0.5) is 0 Å². The Morgan fingerprint density at radius 2 is 1.86 bits per heavy atom. The first-order chi connectivity index (χ1) is 21.2. The molecule has 9 heteroatoms. The summed E-state index contributed by atoms with van der Waals surface area (Å²) in [6.07, 6.45) is 12.2. The van der Waals surface area contributed by atoms with Crippen molar-refractivity contribution < 1.29 is 29.4 Å². The number of hydrogen-bond donors (Lipinski definition) is 4. The third-order valence-corrected chi connectivity index (χ3v) is 10.3. The Balaban J connectivity index is 1.37. The lowest BCUT2D eigenvalue weighted by atomic mass is 9.60. The predicted octanol–water partition coefficient (Wildman–Crippen LogP) is 4.81. The number of carbonyl (C=O) groups is 4. The van der Waals surface area contributed by atoms with Crippen LogP contribution in [0.15, 0.2) is 53.1 Å². The first-order valence-electron chi connectivity index (χ1n) is 15.7.